The zero-order chi connectivity index (χ0) is 19.0. The molecule has 0 unspecified atom stereocenters. The number of rotatable bonds is 5. The topological polar surface area (TPSA) is 81.2 Å². The molecule has 2 N–H and O–H groups in total. The van der Waals surface area contributed by atoms with Crippen molar-refractivity contribution in [1.29, 1.82) is 0 Å². The molecule has 0 aliphatic carbocycles. The van der Waals surface area contributed by atoms with E-state index in [0.29, 0.717) is 22.8 Å². The normalized spacial score (nSPS) is 14.3. The lowest BCUT2D eigenvalue weighted by Gasteiger charge is -2.08. The van der Waals surface area contributed by atoms with Crippen LogP contribution in [0.3, 0.4) is 0 Å². The van der Waals surface area contributed by atoms with E-state index in [0.717, 1.165) is 4.88 Å². The van der Waals surface area contributed by atoms with Gasteiger partial charge in [-0.25, -0.2) is 0 Å². The van der Waals surface area contributed by atoms with Crippen molar-refractivity contribution in [3.8, 4) is 22.2 Å². The predicted octanol–water partition coefficient (Wildman–Crippen LogP) is 4.02. The molecule has 140 valence electrons. The molecule has 1 aromatic carbocycles. The smallest absolute Gasteiger partial charge is 0.395 e. The maximum absolute atomic E-state index is 13.0. The number of amides is 1. The van der Waals surface area contributed by atoms with E-state index in [2.05, 4.69) is 25.0 Å². The van der Waals surface area contributed by atoms with E-state index in [9.17, 15) is 13.6 Å². The number of anilines is 1. The van der Waals surface area contributed by atoms with Gasteiger partial charge in [0.15, 0.2) is 22.1 Å². The number of hydrogen-bond donors (Lipinski definition) is 2. The number of aromatic nitrogens is 3. The van der Waals surface area contributed by atoms with Crippen molar-refractivity contribution in [3.63, 3.8) is 0 Å². The Morgan fingerprint density at radius 1 is 1.33 bits per heavy atom. The molecule has 3 aromatic rings. The van der Waals surface area contributed by atoms with E-state index in [1.165, 1.54) is 29.5 Å². The van der Waals surface area contributed by atoms with Crippen LogP contribution in [-0.4, -0.2) is 27.0 Å². The Hall–Kier alpha value is -2.79. The first-order valence-corrected chi connectivity index (χ1v) is 9.09. The fourth-order valence-electron chi connectivity index (χ4n) is 2.58. The van der Waals surface area contributed by atoms with E-state index < -0.39 is 6.29 Å². The molecule has 0 atom stereocenters. The molecule has 1 aliphatic rings. The van der Waals surface area contributed by atoms with E-state index in [1.54, 1.807) is 4.57 Å². The fraction of sp³-hybridized carbons (Fsp3) is 0.188. The minimum atomic E-state index is -3.69. The van der Waals surface area contributed by atoms with E-state index >= 15 is 0 Å². The highest BCUT2D eigenvalue weighted by Gasteiger charge is 2.43. The minimum Gasteiger partial charge on any atom is -0.395 e. The van der Waals surface area contributed by atoms with Gasteiger partial charge in [-0.15, -0.1) is 20.1 Å². The van der Waals surface area contributed by atoms with Crippen LogP contribution in [0, 0.1) is 4.77 Å². The molecule has 0 radical (unpaired) electrons. The molecule has 7 nitrogen and oxygen atoms in total. The number of aromatic amines is 1. The van der Waals surface area contributed by atoms with Crippen LogP contribution in [0.5, 0.6) is 11.5 Å². The monoisotopic (exact) mass is 410 g/mol. The number of halogens is 2. The maximum Gasteiger partial charge on any atom is 0.586 e. The number of alkyl halides is 2. The molecule has 3 heterocycles. The zero-order valence-corrected chi connectivity index (χ0v) is 15.2. The minimum absolute atomic E-state index is 0.0803. The molecule has 1 amide bonds. The summed E-state index contributed by atoms with van der Waals surface area (Å²) in [6, 6.07) is 7.87. The van der Waals surface area contributed by atoms with Crippen LogP contribution in [0.25, 0.3) is 10.7 Å². The summed E-state index contributed by atoms with van der Waals surface area (Å²) in [5.74, 6) is 0.145. The Kier molecular flexibility index (Phi) is 4.40. The van der Waals surface area contributed by atoms with Gasteiger partial charge in [0, 0.05) is 24.7 Å². The van der Waals surface area contributed by atoms with Gasteiger partial charge in [0.1, 0.15) is 0 Å². The van der Waals surface area contributed by atoms with Crippen molar-refractivity contribution in [2.45, 2.75) is 19.3 Å². The second-order valence-electron chi connectivity index (χ2n) is 5.61. The highest BCUT2D eigenvalue weighted by molar-refractivity contribution is 7.71. The lowest BCUT2D eigenvalue weighted by Crippen LogP contribution is -2.25. The highest BCUT2D eigenvalue weighted by Crippen LogP contribution is 2.42. The van der Waals surface area contributed by atoms with Crippen LogP contribution in [0.1, 0.15) is 6.42 Å². The molecule has 2 aromatic heterocycles. The van der Waals surface area contributed by atoms with Gasteiger partial charge in [0.25, 0.3) is 0 Å². The first-order valence-electron chi connectivity index (χ1n) is 7.80. The van der Waals surface area contributed by atoms with Crippen molar-refractivity contribution in [2.24, 2.45) is 0 Å². The van der Waals surface area contributed by atoms with Crippen LogP contribution in [0.15, 0.2) is 35.7 Å². The number of carbonyl (C=O) groups is 1. The quantitative estimate of drug-likeness (QED) is 0.621. The van der Waals surface area contributed by atoms with E-state index in [1.807, 2.05) is 17.5 Å². The second kappa shape index (κ2) is 6.74. The standard InChI is InChI=1S/C16H12F2N4O3S2/c17-16(18)24-10-4-3-9(8-11(10)25-16)19-13(23)5-6-22-14(20-21-15(22)26)12-2-1-7-27-12/h1-4,7-8H,5-6H2,(H,19,23)(H,21,26). The number of H-pyrrole nitrogens is 1. The van der Waals surface area contributed by atoms with Crippen molar-refractivity contribution >= 4 is 35.1 Å². The van der Waals surface area contributed by atoms with Crippen LogP contribution in [-0.2, 0) is 11.3 Å². The Bertz CT molecular complexity index is 1050. The van der Waals surface area contributed by atoms with Gasteiger partial charge in [0.05, 0.1) is 4.88 Å². The van der Waals surface area contributed by atoms with E-state index in [4.69, 9.17) is 12.2 Å². The number of thiophene rings is 1. The van der Waals surface area contributed by atoms with Crippen molar-refractivity contribution in [2.75, 3.05) is 5.32 Å². The first-order chi connectivity index (χ1) is 12.9. The zero-order valence-electron chi connectivity index (χ0n) is 13.6. The highest BCUT2D eigenvalue weighted by atomic mass is 32.1. The Balaban J connectivity index is 1.42. The predicted molar refractivity (Wildman–Crippen MR) is 96.6 cm³/mol. The number of nitrogens with zero attached hydrogens (tertiary/aromatic N) is 2. The lowest BCUT2D eigenvalue weighted by molar-refractivity contribution is -0.286. The molecule has 0 fully saturated rings. The molecule has 0 saturated carbocycles. The first kappa shape index (κ1) is 17.6. The van der Waals surface area contributed by atoms with E-state index in [-0.39, 0.29) is 23.8 Å². The molecule has 0 spiro atoms. The molecule has 1 aliphatic heterocycles. The third-order valence-corrected chi connectivity index (χ3v) is 4.92. The maximum atomic E-state index is 13.0. The van der Waals surface area contributed by atoms with Crippen molar-refractivity contribution < 1.29 is 23.0 Å². The summed E-state index contributed by atoms with van der Waals surface area (Å²) in [4.78, 5) is 13.2. The number of carbonyl (C=O) groups excluding carboxylic acids is 1. The Morgan fingerprint density at radius 3 is 2.93 bits per heavy atom. The molecule has 11 heteroatoms. The molecule has 0 saturated heterocycles. The van der Waals surface area contributed by atoms with Crippen LogP contribution in [0.4, 0.5) is 14.5 Å². The number of benzene rings is 1. The van der Waals surface area contributed by atoms with Crippen LogP contribution in [0.2, 0.25) is 0 Å². The van der Waals surface area contributed by atoms with Gasteiger partial charge < -0.3 is 14.8 Å². The number of ether oxygens (including phenoxy) is 2. The number of fused-ring (bicyclic) bond motifs is 1. The summed E-state index contributed by atoms with van der Waals surface area (Å²) < 4.78 is 36.9. The van der Waals surface area contributed by atoms with Gasteiger partial charge in [0.2, 0.25) is 5.91 Å². The van der Waals surface area contributed by atoms with Gasteiger partial charge in [-0.1, -0.05) is 6.07 Å². The number of nitrogens with one attached hydrogen (secondary N) is 2. The third kappa shape index (κ3) is 3.69. The average Bonchev–Trinajstić information content (AvgIpc) is 3.30. The van der Waals surface area contributed by atoms with Gasteiger partial charge in [-0.3, -0.25) is 14.5 Å². The Labute approximate surface area is 160 Å². The summed E-state index contributed by atoms with van der Waals surface area (Å²) in [5.41, 5.74) is 0.328. The van der Waals surface area contributed by atoms with Crippen LogP contribution >= 0.6 is 23.6 Å². The van der Waals surface area contributed by atoms with Gasteiger partial charge in [-0.2, -0.15) is 5.10 Å². The fourth-order valence-corrected chi connectivity index (χ4v) is 3.53. The Morgan fingerprint density at radius 2 is 2.15 bits per heavy atom. The lowest BCUT2D eigenvalue weighted by atomic mass is 10.2. The molecule has 27 heavy (non-hydrogen) atoms. The van der Waals surface area contributed by atoms with Crippen LogP contribution < -0.4 is 14.8 Å². The summed E-state index contributed by atoms with van der Waals surface area (Å²) in [6.07, 6.45) is -3.57. The second-order valence-corrected chi connectivity index (χ2v) is 6.94. The summed E-state index contributed by atoms with van der Waals surface area (Å²) in [5, 5.41) is 11.5. The SMILES string of the molecule is O=C(CCn1c(-c2cccs2)n[nH]c1=S)Nc1ccc2c(c1)OC(F)(F)O2. The van der Waals surface area contributed by atoms with Crippen molar-refractivity contribution in [3.05, 3.63) is 40.5 Å². The molecule has 4 rings (SSSR count). The van der Waals surface area contributed by atoms with Gasteiger partial charge >= 0.3 is 6.29 Å². The number of hydrogen-bond acceptors (Lipinski definition) is 6. The average molecular weight is 410 g/mol. The third-order valence-electron chi connectivity index (χ3n) is 3.75. The van der Waals surface area contributed by atoms with Crippen molar-refractivity contribution in [1.82, 2.24) is 14.8 Å². The largest absolute Gasteiger partial charge is 0.586 e. The van der Waals surface area contributed by atoms with Gasteiger partial charge in [-0.05, 0) is 35.8 Å². The molecule has 0 bridgehead atoms. The summed E-state index contributed by atoms with van der Waals surface area (Å²) >= 11 is 6.73. The molecular formula is C16H12F2N4O3S2. The molecular weight excluding hydrogens is 398 g/mol. The summed E-state index contributed by atoms with van der Waals surface area (Å²) in [6.45, 7) is 0.316. The summed E-state index contributed by atoms with van der Waals surface area (Å²) in [7, 11) is 0.